The Hall–Kier alpha value is -4.67. The van der Waals surface area contributed by atoms with Gasteiger partial charge in [0.2, 0.25) is 11.9 Å². The first-order chi connectivity index (χ1) is 22.1. The largest absolute Gasteiger partial charge is 0.369 e. The van der Waals surface area contributed by atoms with E-state index in [9.17, 15) is 4.79 Å². The van der Waals surface area contributed by atoms with Crippen LogP contribution in [0.25, 0.3) is 22.6 Å². The Balaban J connectivity index is 1.11. The highest BCUT2D eigenvalue weighted by molar-refractivity contribution is 7.99. The molecule has 7 rings (SSSR count). The van der Waals surface area contributed by atoms with Gasteiger partial charge in [-0.1, -0.05) is 61.2 Å². The maximum Gasteiger partial charge on any atom is 0.228 e. The predicted molar refractivity (Wildman–Crippen MR) is 182 cm³/mol. The van der Waals surface area contributed by atoms with Gasteiger partial charge < -0.3 is 25.0 Å². The Morgan fingerprint density at radius 3 is 2.49 bits per heavy atom. The molecular formula is C35H36N8OS. The van der Waals surface area contributed by atoms with E-state index in [1.54, 1.807) is 18.0 Å². The molecule has 0 bridgehead atoms. The van der Waals surface area contributed by atoms with Gasteiger partial charge in [0.15, 0.2) is 5.16 Å². The number of piperazine rings is 1. The smallest absolute Gasteiger partial charge is 0.228 e. The van der Waals surface area contributed by atoms with Gasteiger partial charge in [0.1, 0.15) is 0 Å². The average Bonchev–Trinajstić information content (AvgIpc) is 3.68. The minimum absolute atomic E-state index is 0.0555. The van der Waals surface area contributed by atoms with Crippen LogP contribution < -0.4 is 15.5 Å². The number of carbonyl (C=O) groups excluding carboxylic acids is 1. The molecule has 1 fully saturated rings. The van der Waals surface area contributed by atoms with E-state index in [0.717, 1.165) is 89.8 Å². The molecule has 1 saturated heterocycles. The van der Waals surface area contributed by atoms with Crippen LogP contribution in [0.4, 0.5) is 23.0 Å². The normalized spacial score (nSPS) is 14.7. The van der Waals surface area contributed by atoms with E-state index in [0.29, 0.717) is 12.4 Å². The summed E-state index contributed by atoms with van der Waals surface area (Å²) in [5.74, 6) is 1.45. The van der Waals surface area contributed by atoms with Gasteiger partial charge >= 0.3 is 0 Å². The van der Waals surface area contributed by atoms with E-state index in [-0.39, 0.29) is 5.91 Å². The zero-order valence-corrected chi connectivity index (χ0v) is 26.1. The van der Waals surface area contributed by atoms with Crippen molar-refractivity contribution in [3.63, 3.8) is 0 Å². The predicted octanol–water partition coefficient (Wildman–Crippen LogP) is 6.18. The number of carbonyl (C=O) groups is 1. The molecule has 228 valence electrons. The summed E-state index contributed by atoms with van der Waals surface area (Å²) in [7, 11) is 0. The Kier molecular flexibility index (Phi) is 8.48. The molecule has 0 aliphatic carbocycles. The topological polar surface area (TPSA) is 91.2 Å². The van der Waals surface area contributed by atoms with Crippen LogP contribution in [0.15, 0.2) is 96.3 Å². The molecule has 0 saturated carbocycles. The van der Waals surface area contributed by atoms with Crippen LogP contribution in [0, 0.1) is 0 Å². The van der Waals surface area contributed by atoms with Gasteiger partial charge in [-0.25, -0.2) is 15.0 Å². The first kappa shape index (κ1) is 29.1. The van der Waals surface area contributed by atoms with Crippen molar-refractivity contribution < 1.29 is 4.79 Å². The molecule has 0 radical (unpaired) electrons. The summed E-state index contributed by atoms with van der Waals surface area (Å²) in [4.78, 5) is 32.2. The van der Waals surface area contributed by atoms with Crippen molar-refractivity contribution in [3.8, 4) is 22.6 Å². The fraction of sp³-hybridized carbons (Fsp3) is 0.257. The third-order valence-electron chi connectivity index (χ3n) is 8.31. The number of anilines is 4. The van der Waals surface area contributed by atoms with Crippen LogP contribution >= 0.6 is 11.8 Å². The SMILES string of the molecule is CCN1CCN(c2ccc(Nc3nccc(-c4c(-c5cccc(NC(=O)Cc6ccccc6)c5)nc5n4CCS5)n3)cc2)CC1. The van der Waals surface area contributed by atoms with Gasteiger partial charge in [-0.2, -0.15) is 0 Å². The van der Waals surface area contributed by atoms with Crippen molar-refractivity contribution in [2.75, 3.05) is 54.0 Å². The fourth-order valence-electron chi connectivity index (χ4n) is 5.93. The molecule has 2 aliphatic rings. The van der Waals surface area contributed by atoms with E-state index < -0.39 is 0 Å². The van der Waals surface area contributed by atoms with Crippen LogP contribution in [-0.2, 0) is 17.8 Å². The highest BCUT2D eigenvalue weighted by Gasteiger charge is 2.25. The summed E-state index contributed by atoms with van der Waals surface area (Å²) in [5.41, 5.74) is 7.41. The second-order valence-corrected chi connectivity index (χ2v) is 12.3. The van der Waals surface area contributed by atoms with Gasteiger partial charge in [0.05, 0.1) is 23.5 Å². The summed E-state index contributed by atoms with van der Waals surface area (Å²) in [5, 5.41) is 7.43. The Morgan fingerprint density at radius 2 is 1.69 bits per heavy atom. The van der Waals surface area contributed by atoms with Crippen LogP contribution in [-0.4, -0.2) is 68.8 Å². The number of nitrogens with zero attached hydrogens (tertiary/aromatic N) is 6. The number of hydrogen-bond acceptors (Lipinski definition) is 8. The molecule has 4 heterocycles. The van der Waals surface area contributed by atoms with Gasteiger partial charge in [-0.15, -0.1) is 0 Å². The summed E-state index contributed by atoms with van der Waals surface area (Å²) < 4.78 is 2.24. The number of likely N-dealkylation sites (N-methyl/N-ethyl adjacent to an activating group) is 1. The lowest BCUT2D eigenvalue weighted by Crippen LogP contribution is -2.46. The minimum Gasteiger partial charge on any atom is -0.369 e. The molecule has 0 unspecified atom stereocenters. The van der Waals surface area contributed by atoms with Crippen LogP contribution in [0.5, 0.6) is 0 Å². The molecule has 5 aromatic rings. The molecule has 45 heavy (non-hydrogen) atoms. The maximum atomic E-state index is 12.8. The van der Waals surface area contributed by atoms with Crippen LogP contribution in [0.3, 0.4) is 0 Å². The van der Waals surface area contributed by atoms with Crippen molar-refractivity contribution in [2.45, 2.75) is 25.0 Å². The summed E-state index contributed by atoms with van der Waals surface area (Å²) in [6, 6.07) is 28.1. The third-order valence-corrected chi connectivity index (χ3v) is 9.27. The molecule has 10 heteroatoms. The van der Waals surface area contributed by atoms with E-state index in [1.165, 1.54) is 5.69 Å². The highest BCUT2D eigenvalue weighted by atomic mass is 32.2. The molecule has 2 aliphatic heterocycles. The molecule has 0 spiro atoms. The van der Waals surface area contributed by atoms with E-state index in [4.69, 9.17) is 9.97 Å². The fourth-order valence-corrected chi connectivity index (χ4v) is 6.88. The molecule has 1 amide bonds. The summed E-state index contributed by atoms with van der Waals surface area (Å²) in [6.45, 7) is 8.48. The second kappa shape index (κ2) is 13.1. The van der Waals surface area contributed by atoms with E-state index in [2.05, 4.69) is 61.2 Å². The number of fused-ring (bicyclic) bond motifs is 1. The number of rotatable bonds is 9. The van der Waals surface area contributed by atoms with E-state index >= 15 is 0 Å². The van der Waals surface area contributed by atoms with Crippen molar-refractivity contribution in [2.24, 2.45) is 0 Å². The lowest BCUT2D eigenvalue weighted by atomic mass is 10.1. The van der Waals surface area contributed by atoms with Gasteiger partial charge in [0.25, 0.3) is 0 Å². The summed E-state index contributed by atoms with van der Waals surface area (Å²) >= 11 is 1.75. The second-order valence-electron chi connectivity index (χ2n) is 11.2. The number of nitrogens with one attached hydrogen (secondary N) is 2. The number of imidazole rings is 1. The molecular weight excluding hydrogens is 581 g/mol. The number of hydrogen-bond donors (Lipinski definition) is 2. The molecule has 2 N–H and O–H groups in total. The first-order valence-electron chi connectivity index (χ1n) is 15.5. The van der Waals surface area contributed by atoms with E-state index in [1.807, 2.05) is 60.7 Å². The standard InChI is InChI=1S/C35H36N8OS/c1-2-41-17-19-42(20-18-41)29-13-11-27(12-14-29)38-34-36-16-15-30(39-34)33-32(40-35-43(33)21-22-45-35)26-9-6-10-28(24-26)37-31(44)23-25-7-4-3-5-8-25/h3-16,24H,2,17-23H2,1H3,(H,37,44)(H,36,38,39). The van der Waals surface area contributed by atoms with Crippen LogP contribution in [0.2, 0.25) is 0 Å². The zero-order valence-electron chi connectivity index (χ0n) is 25.3. The van der Waals surface area contributed by atoms with Gasteiger partial charge in [0, 0.05) is 67.3 Å². The number of benzene rings is 3. The maximum absolute atomic E-state index is 12.8. The average molecular weight is 617 g/mol. The zero-order chi connectivity index (χ0) is 30.6. The van der Waals surface area contributed by atoms with Gasteiger partial charge in [-0.3, -0.25) is 4.79 Å². The molecule has 0 atom stereocenters. The quantitative estimate of drug-likeness (QED) is 0.203. The third kappa shape index (κ3) is 6.57. The first-order valence-corrected chi connectivity index (χ1v) is 16.5. The molecule has 9 nitrogen and oxygen atoms in total. The molecule has 3 aromatic carbocycles. The van der Waals surface area contributed by atoms with Crippen molar-refractivity contribution in [1.82, 2.24) is 24.4 Å². The summed E-state index contributed by atoms with van der Waals surface area (Å²) in [6.07, 6.45) is 2.11. The molecule has 2 aromatic heterocycles. The monoisotopic (exact) mass is 616 g/mol. The van der Waals surface area contributed by atoms with Crippen molar-refractivity contribution >= 4 is 40.7 Å². The minimum atomic E-state index is -0.0555. The Labute approximate surface area is 267 Å². The Bertz CT molecular complexity index is 1780. The lowest BCUT2D eigenvalue weighted by molar-refractivity contribution is -0.115. The lowest BCUT2D eigenvalue weighted by Gasteiger charge is -2.35. The Morgan fingerprint density at radius 1 is 0.867 bits per heavy atom. The van der Waals surface area contributed by atoms with Crippen molar-refractivity contribution in [1.29, 1.82) is 0 Å². The van der Waals surface area contributed by atoms with Gasteiger partial charge in [-0.05, 0) is 54.6 Å². The number of aromatic nitrogens is 4. The highest BCUT2D eigenvalue weighted by Crippen LogP contribution is 2.39. The van der Waals surface area contributed by atoms with Crippen LogP contribution in [0.1, 0.15) is 12.5 Å². The number of thioether (sulfide) groups is 1. The number of amides is 1. The van der Waals surface area contributed by atoms with Crippen molar-refractivity contribution in [3.05, 3.63) is 96.7 Å².